The van der Waals surface area contributed by atoms with Crippen molar-refractivity contribution in [2.24, 2.45) is 0 Å². The van der Waals surface area contributed by atoms with Crippen LogP contribution in [-0.2, 0) is 9.59 Å². The van der Waals surface area contributed by atoms with Gasteiger partial charge in [0.05, 0.1) is 6.54 Å². The summed E-state index contributed by atoms with van der Waals surface area (Å²) in [5.74, 6) is -0.114. The quantitative estimate of drug-likeness (QED) is 0.678. The molecule has 2 aliphatic rings. The number of imide groups is 1. The van der Waals surface area contributed by atoms with Gasteiger partial charge in [0, 0.05) is 25.0 Å². The number of hydrogen-bond acceptors (Lipinski definition) is 4. The lowest BCUT2D eigenvalue weighted by atomic mass is 10.0. The molecule has 0 radical (unpaired) electrons. The summed E-state index contributed by atoms with van der Waals surface area (Å²) < 4.78 is 0. The molecule has 0 aromatic heterocycles. The lowest BCUT2D eigenvalue weighted by molar-refractivity contribution is -0.141. The summed E-state index contributed by atoms with van der Waals surface area (Å²) >= 11 is 0. The lowest BCUT2D eigenvalue weighted by Crippen LogP contribution is -2.49. The van der Waals surface area contributed by atoms with Crippen molar-refractivity contribution in [2.75, 3.05) is 26.2 Å². The third-order valence-electron chi connectivity index (χ3n) is 3.41. The predicted octanol–water partition coefficient (Wildman–Crippen LogP) is -0.523. The maximum absolute atomic E-state index is 11.8. The van der Waals surface area contributed by atoms with Crippen LogP contribution in [0.4, 0.5) is 0 Å². The molecular formula is C11H19N3O2. The number of nitrogens with one attached hydrogen (secondary N) is 2. The molecule has 2 N–H and O–H groups in total. The minimum Gasteiger partial charge on any atom is -0.315 e. The highest BCUT2D eigenvalue weighted by molar-refractivity contribution is 5.97. The average molecular weight is 225 g/mol. The number of nitrogens with zero attached hydrogens (tertiary/aromatic N) is 1. The van der Waals surface area contributed by atoms with E-state index in [0.29, 0.717) is 13.0 Å². The summed E-state index contributed by atoms with van der Waals surface area (Å²) in [7, 11) is 0. The normalized spacial score (nSPS) is 30.1. The largest absolute Gasteiger partial charge is 0.315 e. The first-order valence-electron chi connectivity index (χ1n) is 5.90. The zero-order chi connectivity index (χ0) is 11.6. The van der Waals surface area contributed by atoms with Crippen molar-refractivity contribution in [1.29, 1.82) is 0 Å². The summed E-state index contributed by atoms with van der Waals surface area (Å²) in [6.45, 7) is 4.83. The van der Waals surface area contributed by atoms with Gasteiger partial charge in [0.1, 0.15) is 0 Å². The van der Waals surface area contributed by atoms with Gasteiger partial charge in [-0.25, -0.2) is 0 Å². The molecule has 2 amide bonds. The summed E-state index contributed by atoms with van der Waals surface area (Å²) in [4.78, 5) is 24.5. The molecule has 0 aromatic carbocycles. The maximum atomic E-state index is 11.8. The zero-order valence-corrected chi connectivity index (χ0v) is 9.71. The Balaban J connectivity index is 1.81. The SMILES string of the molecule is CC1(NCC(=O)N2CCCC2=O)CCNC1. The van der Waals surface area contributed by atoms with Gasteiger partial charge < -0.3 is 10.6 Å². The van der Waals surface area contributed by atoms with E-state index in [2.05, 4.69) is 17.6 Å². The number of carbonyl (C=O) groups is 2. The third kappa shape index (κ3) is 2.41. The zero-order valence-electron chi connectivity index (χ0n) is 9.71. The van der Waals surface area contributed by atoms with Crippen molar-refractivity contribution in [1.82, 2.24) is 15.5 Å². The Bertz CT molecular complexity index is 298. The van der Waals surface area contributed by atoms with Crippen LogP contribution >= 0.6 is 0 Å². The average Bonchev–Trinajstić information content (AvgIpc) is 2.85. The van der Waals surface area contributed by atoms with Crippen LogP contribution in [0.5, 0.6) is 0 Å². The minimum atomic E-state index is -0.0874. The van der Waals surface area contributed by atoms with Gasteiger partial charge in [0.15, 0.2) is 0 Å². The fraction of sp³-hybridized carbons (Fsp3) is 0.818. The predicted molar refractivity (Wildman–Crippen MR) is 59.8 cm³/mol. The van der Waals surface area contributed by atoms with E-state index in [4.69, 9.17) is 0 Å². The van der Waals surface area contributed by atoms with Crippen molar-refractivity contribution >= 4 is 11.8 Å². The first-order valence-corrected chi connectivity index (χ1v) is 5.90. The van der Waals surface area contributed by atoms with Gasteiger partial charge in [0.2, 0.25) is 11.8 Å². The smallest absolute Gasteiger partial charge is 0.243 e. The molecule has 0 spiro atoms. The van der Waals surface area contributed by atoms with Crippen molar-refractivity contribution in [3.05, 3.63) is 0 Å². The van der Waals surface area contributed by atoms with Crippen LogP contribution in [0.2, 0.25) is 0 Å². The van der Waals surface area contributed by atoms with Gasteiger partial charge in [-0.05, 0) is 26.3 Å². The van der Waals surface area contributed by atoms with E-state index in [0.717, 1.165) is 25.9 Å². The first-order chi connectivity index (χ1) is 7.61. The fourth-order valence-corrected chi connectivity index (χ4v) is 2.26. The molecule has 5 heteroatoms. The molecule has 2 rings (SSSR count). The van der Waals surface area contributed by atoms with Crippen LogP contribution in [0.3, 0.4) is 0 Å². The van der Waals surface area contributed by atoms with Gasteiger partial charge in [-0.3, -0.25) is 14.5 Å². The molecule has 1 atom stereocenters. The molecule has 0 aromatic rings. The van der Waals surface area contributed by atoms with Gasteiger partial charge in [-0.15, -0.1) is 0 Å². The van der Waals surface area contributed by atoms with Gasteiger partial charge in [0.25, 0.3) is 0 Å². The Morgan fingerprint density at radius 1 is 1.62 bits per heavy atom. The molecule has 0 bridgehead atoms. The van der Waals surface area contributed by atoms with Crippen LogP contribution < -0.4 is 10.6 Å². The van der Waals surface area contributed by atoms with E-state index in [1.807, 2.05) is 0 Å². The Morgan fingerprint density at radius 3 is 3.00 bits per heavy atom. The second-order valence-electron chi connectivity index (χ2n) is 4.88. The molecule has 0 saturated carbocycles. The third-order valence-corrected chi connectivity index (χ3v) is 3.41. The van der Waals surface area contributed by atoms with Crippen LogP contribution in [-0.4, -0.2) is 48.4 Å². The number of hydrogen-bond donors (Lipinski definition) is 2. The van der Waals surface area contributed by atoms with Crippen LogP contribution in [0, 0.1) is 0 Å². The second-order valence-corrected chi connectivity index (χ2v) is 4.88. The Kier molecular flexibility index (Phi) is 3.25. The molecule has 5 nitrogen and oxygen atoms in total. The number of likely N-dealkylation sites (tertiary alicyclic amines) is 1. The Labute approximate surface area is 95.6 Å². The molecular weight excluding hydrogens is 206 g/mol. The first kappa shape index (κ1) is 11.5. The van der Waals surface area contributed by atoms with Gasteiger partial charge >= 0.3 is 0 Å². The highest BCUT2D eigenvalue weighted by Gasteiger charge is 2.31. The molecule has 2 fully saturated rings. The summed E-state index contributed by atoms with van der Waals surface area (Å²) in [5.41, 5.74) is -0.00156. The number of rotatable bonds is 3. The van der Waals surface area contributed by atoms with E-state index in [9.17, 15) is 9.59 Å². The molecule has 0 aliphatic carbocycles. The Morgan fingerprint density at radius 2 is 2.44 bits per heavy atom. The van der Waals surface area contributed by atoms with Crippen molar-refractivity contribution in [3.63, 3.8) is 0 Å². The molecule has 2 saturated heterocycles. The molecule has 16 heavy (non-hydrogen) atoms. The highest BCUT2D eigenvalue weighted by Crippen LogP contribution is 2.14. The van der Waals surface area contributed by atoms with E-state index in [1.54, 1.807) is 0 Å². The second kappa shape index (κ2) is 4.51. The van der Waals surface area contributed by atoms with Gasteiger partial charge in [-0.2, -0.15) is 0 Å². The van der Waals surface area contributed by atoms with E-state index < -0.39 is 0 Å². The van der Waals surface area contributed by atoms with Crippen molar-refractivity contribution in [2.45, 2.75) is 31.7 Å². The molecule has 90 valence electrons. The minimum absolute atomic E-state index is 0.00156. The van der Waals surface area contributed by atoms with Gasteiger partial charge in [-0.1, -0.05) is 0 Å². The fourth-order valence-electron chi connectivity index (χ4n) is 2.26. The van der Waals surface area contributed by atoms with Crippen LogP contribution in [0.15, 0.2) is 0 Å². The highest BCUT2D eigenvalue weighted by atomic mass is 16.2. The van der Waals surface area contributed by atoms with E-state index >= 15 is 0 Å². The van der Waals surface area contributed by atoms with Crippen LogP contribution in [0.1, 0.15) is 26.2 Å². The van der Waals surface area contributed by atoms with E-state index in [-0.39, 0.29) is 23.9 Å². The number of carbonyl (C=O) groups excluding carboxylic acids is 2. The van der Waals surface area contributed by atoms with Crippen LogP contribution in [0.25, 0.3) is 0 Å². The topological polar surface area (TPSA) is 61.4 Å². The molecule has 2 heterocycles. The summed E-state index contributed by atoms with van der Waals surface area (Å²) in [5, 5.41) is 6.51. The molecule has 1 unspecified atom stereocenters. The summed E-state index contributed by atoms with van der Waals surface area (Å²) in [6.07, 6.45) is 2.35. The standard InChI is InChI=1S/C11H19N3O2/c1-11(4-5-12-8-11)13-7-10(16)14-6-2-3-9(14)15/h12-13H,2-8H2,1H3. The van der Waals surface area contributed by atoms with E-state index in [1.165, 1.54) is 4.90 Å². The lowest BCUT2D eigenvalue weighted by Gasteiger charge is -2.25. The summed E-state index contributed by atoms with van der Waals surface area (Å²) in [6, 6.07) is 0. The monoisotopic (exact) mass is 225 g/mol. The van der Waals surface area contributed by atoms with Crippen molar-refractivity contribution < 1.29 is 9.59 Å². The molecule has 2 aliphatic heterocycles. The van der Waals surface area contributed by atoms with Crippen molar-refractivity contribution in [3.8, 4) is 0 Å². The number of amides is 2. The Hall–Kier alpha value is -0.940. The maximum Gasteiger partial charge on any atom is 0.243 e.